The van der Waals surface area contributed by atoms with E-state index in [1.807, 2.05) is 62.4 Å². The van der Waals surface area contributed by atoms with Gasteiger partial charge in [0.25, 0.3) is 5.91 Å². The van der Waals surface area contributed by atoms with Crippen LogP contribution >= 0.6 is 0 Å². The van der Waals surface area contributed by atoms with E-state index in [0.29, 0.717) is 5.56 Å². The molecule has 0 atom stereocenters. The Morgan fingerprint density at radius 2 is 1.80 bits per heavy atom. The molecule has 0 fully saturated rings. The summed E-state index contributed by atoms with van der Waals surface area (Å²) in [5.41, 5.74) is 3.55. The summed E-state index contributed by atoms with van der Waals surface area (Å²) in [6.45, 7) is 3.92. The molecule has 0 radical (unpaired) electrons. The Labute approximate surface area is 119 Å². The van der Waals surface area contributed by atoms with Crippen molar-refractivity contribution in [3.05, 3.63) is 59.7 Å². The van der Waals surface area contributed by atoms with Crippen LogP contribution in [0.5, 0.6) is 0 Å². The minimum absolute atomic E-state index is 0.0388. The molecule has 0 heterocycles. The van der Waals surface area contributed by atoms with E-state index in [2.05, 4.69) is 5.32 Å². The van der Waals surface area contributed by atoms with E-state index in [1.54, 1.807) is 0 Å². The first kappa shape index (κ1) is 14.3. The lowest BCUT2D eigenvalue weighted by atomic mass is 10.0. The summed E-state index contributed by atoms with van der Waals surface area (Å²) in [7, 11) is 0. The topological polar surface area (TPSA) is 49.3 Å². The van der Waals surface area contributed by atoms with E-state index >= 15 is 0 Å². The van der Waals surface area contributed by atoms with Gasteiger partial charge in [-0.1, -0.05) is 36.4 Å². The van der Waals surface area contributed by atoms with Crippen LogP contribution in [0.4, 0.5) is 0 Å². The Morgan fingerprint density at radius 3 is 2.40 bits per heavy atom. The smallest absolute Gasteiger partial charge is 0.251 e. The number of aliphatic hydroxyl groups is 1. The van der Waals surface area contributed by atoms with Crippen LogP contribution in [-0.2, 0) is 6.61 Å². The Kier molecular flexibility index (Phi) is 4.53. The van der Waals surface area contributed by atoms with Crippen molar-refractivity contribution in [3.63, 3.8) is 0 Å². The van der Waals surface area contributed by atoms with E-state index in [-0.39, 0.29) is 18.6 Å². The number of rotatable bonds is 4. The fraction of sp³-hybridized carbons (Fsp3) is 0.235. The summed E-state index contributed by atoms with van der Waals surface area (Å²) < 4.78 is 0. The molecule has 2 rings (SSSR count). The molecular formula is C17H19NO2. The second-order valence-electron chi connectivity index (χ2n) is 5.06. The molecule has 0 saturated carbocycles. The molecule has 0 aliphatic rings. The van der Waals surface area contributed by atoms with Crippen LogP contribution in [0.15, 0.2) is 48.5 Å². The summed E-state index contributed by atoms with van der Waals surface area (Å²) in [5, 5.41) is 11.9. The van der Waals surface area contributed by atoms with E-state index < -0.39 is 0 Å². The van der Waals surface area contributed by atoms with Gasteiger partial charge < -0.3 is 10.4 Å². The first-order valence-corrected chi connectivity index (χ1v) is 6.71. The number of benzene rings is 2. The normalized spacial score (nSPS) is 10.6. The largest absolute Gasteiger partial charge is 0.392 e. The third-order valence-corrected chi connectivity index (χ3v) is 3.01. The van der Waals surface area contributed by atoms with E-state index in [0.717, 1.165) is 16.7 Å². The van der Waals surface area contributed by atoms with Gasteiger partial charge in [-0.05, 0) is 42.7 Å². The van der Waals surface area contributed by atoms with Crippen LogP contribution in [0.2, 0.25) is 0 Å². The minimum atomic E-state index is -0.0613. The third-order valence-electron chi connectivity index (χ3n) is 3.01. The highest BCUT2D eigenvalue weighted by atomic mass is 16.3. The summed E-state index contributed by atoms with van der Waals surface area (Å²) >= 11 is 0. The molecule has 0 aliphatic heterocycles. The quantitative estimate of drug-likeness (QED) is 0.896. The van der Waals surface area contributed by atoms with E-state index in [1.165, 1.54) is 0 Å². The highest BCUT2D eigenvalue weighted by Crippen LogP contribution is 2.21. The minimum Gasteiger partial charge on any atom is -0.392 e. The molecule has 0 bridgehead atoms. The molecule has 104 valence electrons. The number of carbonyl (C=O) groups excluding carboxylic acids is 1. The molecule has 2 aromatic rings. The third kappa shape index (κ3) is 3.45. The molecule has 20 heavy (non-hydrogen) atoms. The zero-order valence-corrected chi connectivity index (χ0v) is 11.8. The molecule has 0 unspecified atom stereocenters. The predicted octanol–water partition coefficient (Wildman–Crippen LogP) is 2.98. The van der Waals surface area contributed by atoms with Crippen LogP contribution in [-0.4, -0.2) is 17.1 Å². The SMILES string of the molecule is CC(C)NC(=O)c1cccc(-c2ccc(CO)cc2)c1. The monoisotopic (exact) mass is 269 g/mol. The number of carbonyl (C=O) groups is 1. The van der Waals surface area contributed by atoms with E-state index in [4.69, 9.17) is 5.11 Å². The molecule has 0 aromatic heterocycles. The lowest BCUT2D eigenvalue weighted by Crippen LogP contribution is -2.30. The number of hydrogen-bond donors (Lipinski definition) is 2. The molecule has 1 amide bonds. The molecule has 2 aromatic carbocycles. The van der Waals surface area contributed by atoms with Crippen LogP contribution < -0.4 is 5.32 Å². The molecule has 3 heteroatoms. The number of hydrogen-bond acceptors (Lipinski definition) is 2. The van der Waals surface area contributed by atoms with Crippen molar-refractivity contribution in [1.82, 2.24) is 5.32 Å². The maximum atomic E-state index is 12.0. The predicted molar refractivity (Wildman–Crippen MR) is 80.4 cm³/mol. The second kappa shape index (κ2) is 6.35. The Morgan fingerprint density at radius 1 is 1.10 bits per heavy atom. The van der Waals surface area contributed by atoms with Crippen molar-refractivity contribution in [2.24, 2.45) is 0 Å². The van der Waals surface area contributed by atoms with E-state index in [9.17, 15) is 4.79 Å². The van der Waals surface area contributed by atoms with Gasteiger partial charge in [-0.2, -0.15) is 0 Å². The van der Waals surface area contributed by atoms with Crippen LogP contribution in [0.25, 0.3) is 11.1 Å². The number of aliphatic hydroxyl groups excluding tert-OH is 1. The second-order valence-corrected chi connectivity index (χ2v) is 5.06. The van der Waals surface area contributed by atoms with Crippen molar-refractivity contribution in [3.8, 4) is 11.1 Å². The zero-order valence-electron chi connectivity index (χ0n) is 11.8. The average Bonchev–Trinajstić information content (AvgIpc) is 2.47. The number of nitrogens with one attached hydrogen (secondary N) is 1. The molecule has 0 saturated heterocycles. The van der Waals surface area contributed by atoms with Crippen molar-refractivity contribution in [1.29, 1.82) is 0 Å². The fourth-order valence-corrected chi connectivity index (χ4v) is 1.99. The summed E-state index contributed by atoms with van der Waals surface area (Å²) in [6, 6.07) is 15.3. The summed E-state index contributed by atoms with van der Waals surface area (Å²) in [6.07, 6.45) is 0. The fourth-order valence-electron chi connectivity index (χ4n) is 1.99. The first-order valence-electron chi connectivity index (χ1n) is 6.71. The highest BCUT2D eigenvalue weighted by Gasteiger charge is 2.08. The van der Waals surface area contributed by atoms with Gasteiger partial charge in [0.15, 0.2) is 0 Å². The van der Waals surface area contributed by atoms with Crippen LogP contribution in [0.1, 0.15) is 29.8 Å². The molecule has 0 aliphatic carbocycles. The Hall–Kier alpha value is -2.13. The zero-order chi connectivity index (χ0) is 14.5. The molecule has 2 N–H and O–H groups in total. The van der Waals surface area contributed by atoms with Gasteiger partial charge in [0.05, 0.1) is 6.61 Å². The lowest BCUT2D eigenvalue weighted by Gasteiger charge is -2.10. The average molecular weight is 269 g/mol. The highest BCUT2D eigenvalue weighted by molar-refractivity contribution is 5.95. The summed E-state index contributed by atoms with van der Waals surface area (Å²) in [5.74, 6) is -0.0613. The number of amides is 1. The van der Waals surface area contributed by atoms with Crippen molar-refractivity contribution >= 4 is 5.91 Å². The van der Waals surface area contributed by atoms with Crippen LogP contribution in [0, 0.1) is 0 Å². The van der Waals surface area contributed by atoms with Gasteiger partial charge in [-0.15, -0.1) is 0 Å². The molecule has 3 nitrogen and oxygen atoms in total. The Balaban J connectivity index is 2.26. The molecule has 0 spiro atoms. The maximum Gasteiger partial charge on any atom is 0.251 e. The van der Waals surface area contributed by atoms with Crippen molar-refractivity contribution in [2.75, 3.05) is 0 Å². The van der Waals surface area contributed by atoms with Gasteiger partial charge in [-0.3, -0.25) is 4.79 Å². The Bertz CT molecular complexity index is 588. The summed E-state index contributed by atoms with van der Waals surface area (Å²) in [4.78, 5) is 12.0. The van der Waals surface area contributed by atoms with Gasteiger partial charge in [0.2, 0.25) is 0 Å². The standard InChI is InChI=1S/C17H19NO2/c1-12(2)18-17(20)16-5-3-4-15(10-16)14-8-6-13(11-19)7-9-14/h3-10,12,19H,11H2,1-2H3,(H,18,20). The lowest BCUT2D eigenvalue weighted by molar-refractivity contribution is 0.0943. The maximum absolute atomic E-state index is 12.0. The first-order chi connectivity index (χ1) is 9.60. The molecular weight excluding hydrogens is 250 g/mol. The van der Waals surface area contributed by atoms with Crippen molar-refractivity contribution in [2.45, 2.75) is 26.5 Å². The van der Waals surface area contributed by atoms with Gasteiger partial charge in [0.1, 0.15) is 0 Å². The van der Waals surface area contributed by atoms with Gasteiger partial charge in [0, 0.05) is 11.6 Å². The van der Waals surface area contributed by atoms with Crippen molar-refractivity contribution < 1.29 is 9.90 Å². The van der Waals surface area contributed by atoms with Gasteiger partial charge in [-0.25, -0.2) is 0 Å². The van der Waals surface area contributed by atoms with Gasteiger partial charge >= 0.3 is 0 Å². The van der Waals surface area contributed by atoms with Crippen LogP contribution in [0.3, 0.4) is 0 Å².